The van der Waals surface area contributed by atoms with Gasteiger partial charge in [0.15, 0.2) is 17.2 Å². The Labute approximate surface area is 181 Å². The third-order valence-electron chi connectivity index (χ3n) is 5.30. The number of aromatic nitrogens is 9. The predicted molar refractivity (Wildman–Crippen MR) is 118 cm³/mol. The molecule has 0 radical (unpaired) electrons. The van der Waals surface area contributed by atoms with E-state index in [0.29, 0.717) is 34.1 Å². The molecule has 0 saturated carbocycles. The van der Waals surface area contributed by atoms with Crippen LogP contribution in [0.5, 0.6) is 0 Å². The van der Waals surface area contributed by atoms with Crippen molar-refractivity contribution in [1.29, 1.82) is 0 Å². The Hall–Kier alpha value is -4.44. The van der Waals surface area contributed by atoms with E-state index in [1.807, 2.05) is 49.6 Å². The smallest absolute Gasteiger partial charge is 0.178 e. The summed E-state index contributed by atoms with van der Waals surface area (Å²) in [5.74, 6) is 0.556. The lowest BCUT2D eigenvalue weighted by Crippen LogP contribution is -1.92. The van der Waals surface area contributed by atoms with Crippen molar-refractivity contribution < 1.29 is 5.11 Å². The van der Waals surface area contributed by atoms with E-state index >= 15 is 0 Å². The van der Waals surface area contributed by atoms with Crippen molar-refractivity contribution in [1.82, 2.24) is 44.9 Å². The molecule has 0 atom stereocenters. The van der Waals surface area contributed by atoms with Gasteiger partial charge in [-0.1, -0.05) is 6.07 Å². The maximum atomic E-state index is 9.65. The number of aliphatic hydroxyl groups excluding tert-OH is 1. The van der Waals surface area contributed by atoms with Crippen molar-refractivity contribution in [2.75, 3.05) is 0 Å². The highest BCUT2D eigenvalue weighted by atomic mass is 16.3. The molecule has 6 aromatic rings. The zero-order valence-corrected chi connectivity index (χ0v) is 17.0. The Morgan fingerprint density at radius 3 is 2.75 bits per heavy atom. The molecule has 0 bridgehead atoms. The van der Waals surface area contributed by atoms with Crippen LogP contribution in [0.1, 0.15) is 5.69 Å². The topological polar surface area (TPSA) is 134 Å². The molecule has 6 heterocycles. The SMILES string of the molecule is Cn1cc(-c2ccc3[nH]nc(-c4nc5nccc(-c6ccccn6)c5[nH]4)c3n2)c(CO)n1. The van der Waals surface area contributed by atoms with E-state index in [4.69, 9.17) is 4.98 Å². The molecule has 156 valence electrons. The highest BCUT2D eigenvalue weighted by molar-refractivity contribution is 5.94. The molecule has 0 aliphatic heterocycles. The summed E-state index contributed by atoms with van der Waals surface area (Å²) in [4.78, 5) is 21.7. The van der Waals surface area contributed by atoms with Crippen LogP contribution in [0.25, 0.3) is 56.2 Å². The Balaban J connectivity index is 1.51. The lowest BCUT2D eigenvalue weighted by Gasteiger charge is -2.01. The fourth-order valence-corrected chi connectivity index (χ4v) is 3.84. The number of nitrogens with zero attached hydrogens (tertiary/aromatic N) is 7. The minimum absolute atomic E-state index is 0.167. The van der Waals surface area contributed by atoms with Gasteiger partial charge in [-0.15, -0.1) is 0 Å². The van der Waals surface area contributed by atoms with Crippen LogP contribution in [0.4, 0.5) is 0 Å². The van der Waals surface area contributed by atoms with E-state index in [2.05, 4.69) is 35.2 Å². The maximum Gasteiger partial charge on any atom is 0.178 e. The molecule has 0 aliphatic carbocycles. The zero-order chi connectivity index (χ0) is 21.7. The van der Waals surface area contributed by atoms with E-state index in [9.17, 15) is 5.11 Å². The molecule has 6 aromatic heterocycles. The average molecular weight is 423 g/mol. The first-order valence-corrected chi connectivity index (χ1v) is 9.96. The first kappa shape index (κ1) is 18.3. The van der Waals surface area contributed by atoms with Gasteiger partial charge >= 0.3 is 0 Å². The van der Waals surface area contributed by atoms with Gasteiger partial charge < -0.3 is 10.1 Å². The number of fused-ring (bicyclic) bond motifs is 2. The number of H-pyrrole nitrogens is 2. The summed E-state index contributed by atoms with van der Waals surface area (Å²) in [6, 6.07) is 11.5. The molecule has 0 saturated heterocycles. The van der Waals surface area contributed by atoms with E-state index in [0.717, 1.165) is 27.9 Å². The van der Waals surface area contributed by atoms with Gasteiger partial charge in [0.25, 0.3) is 0 Å². The first-order chi connectivity index (χ1) is 15.7. The summed E-state index contributed by atoms with van der Waals surface area (Å²) in [6.07, 6.45) is 5.31. The number of hydrogen-bond acceptors (Lipinski definition) is 7. The second-order valence-corrected chi connectivity index (χ2v) is 7.34. The normalized spacial score (nSPS) is 11.6. The Bertz CT molecular complexity index is 1580. The summed E-state index contributed by atoms with van der Waals surface area (Å²) < 4.78 is 1.66. The van der Waals surface area contributed by atoms with Crippen LogP contribution in [0.3, 0.4) is 0 Å². The molecule has 3 N–H and O–H groups in total. The third kappa shape index (κ3) is 2.85. The van der Waals surface area contributed by atoms with Crippen molar-refractivity contribution in [3.63, 3.8) is 0 Å². The average Bonchev–Trinajstić information content (AvgIpc) is 3.54. The fourth-order valence-electron chi connectivity index (χ4n) is 3.84. The van der Waals surface area contributed by atoms with Crippen LogP contribution >= 0.6 is 0 Å². The number of imidazole rings is 1. The predicted octanol–water partition coefficient (Wildman–Crippen LogP) is 2.85. The van der Waals surface area contributed by atoms with Gasteiger partial charge in [-0.2, -0.15) is 10.2 Å². The van der Waals surface area contributed by atoms with Gasteiger partial charge in [0.1, 0.15) is 5.52 Å². The molecule has 32 heavy (non-hydrogen) atoms. The quantitative estimate of drug-likeness (QED) is 0.397. The molecule has 0 amide bonds. The Morgan fingerprint density at radius 1 is 0.969 bits per heavy atom. The zero-order valence-electron chi connectivity index (χ0n) is 17.0. The first-order valence-electron chi connectivity index (χ1n) is 9.96. The number of rotatable bonds is 4. The highest BCUT2D eigenvalue weighted by Gasteiger charge is 2.18. The van der Waals surface area contributed by atoms with Crippen molar-refractivity contribution in [3.8, 4) is 34.0 Å². The molecule has 0 unspecified atom stereocenters. The second kappa shape index (κ2) is 7.06. The number of aromatic amines is 2. The van der Waals surface area contributed by atoms with Crippen LogP contribution in [0.2, 0.25) is 0 Å². The van der Waals surface area contributed by atoms with Gasteiger partial charge in [-0.25, -0.2) is 15.0 Å². The summed E-state index contributed by atoms with van der Waals surface area (Å²) in [7, 11) is 1.81. The minimum atomic E-state index is -0.167. The molecule has 0 aromatic carbocycles. The second-order valence-electron chi connectivity index (χ2n) is 7.34. The van der Waals surface area contributed by atoms with Crippen LogP contribution in [-0.4, -0.2) is 50.0 Å². The third-order valence-corrected chi connectivity index (χ3v) is 5.30. The molecule has 0 fully saturated rings. The van der Waals surface area contributed by atoms with E-state index in [1.54, 1.807) is 17.1 Å². The van der Waals surface area contributed by atoms with Gasteiger partial charge in [0, 0.05) is 36.8 Å². The van der Waals surface area contributed by atoms with E-state index in [-0.39, 0.29) is 6.61 Å². The summed E-state index contributed by atoms with van der Waals surface area (Å²) in [6.45, 7) is -0.167. The number of aryl methyl sites for hydroxylation is 1. The number of aliphatic hydroxyl groups is 1. The number of pyridine rings is 3. The molecule has 6 rings (SSSR count). The number of hydrogen-bond donors (Lipinski definition) is 3. The number of nitrogens with one attached hydrogen (secondary N) is 2. The largest absolute Gasteiger partial charge is 0.390 e. The van der Waals surface area contributed by atoms with Crippen molar-refractivity contribution in [2.24, 2.45) is 7.05 Å². The van der Waals surface area contributed by atoms with Gasteiger partial charge in [-0.3, -0.25) is 14.8 Å². The van der Waals surface area contributed by atoms with Crippen LogP contribution < -0.4 is 0 Å². The fraction of sp³-hybridized carbons (Fsp3) is 0.0909. The Morgan fingerprint density at radius 2 is 1.91 bits per heavy atom. The molecule has 10 heteroatoms. The van der Waals surface area contributed by atoms with Crippen LogP contribution in [0.15, 0.2) is 55.0 Å². The molecular weight excluding hydrogens is 406 g/mol. The molecular formula is C22H17N9O. The summed E-state index contributed by atoms with van der Waals surface area (Å²) in [5.41, 5.74) is 7.15. The molecule has 10 nitrogen and oxygen atoms in total. The Kier molecular flexibility index (Phi) is 4.05. The van der Waals surface area contributed by atoms with E-state index < -0.39 is 0 Å². The molecule has 0 spiro atoms. The highest BCUT2D eigenvalue weighted by Crippen LogP contribution is 2.30. The minimum Gasteiger partial charge on any atom is -0.390 e. The van der Waals surface area contributed by atoms with Crippen molar-refractivity contribution in [3.05, 3.63) is 60.7 Å². The summed E-state index contributed by atoms with van der Waals surface area (Å²) in [5, 5.41) is 21.4. The van der Waals surface area contributed by atoms with Crippen molar-refractivity contribution in [2.45, 2.75) is 6.61 Å². The van der Waals surface area contributed by atoms with Gasteiger partial charge in [0.05, 0.1) is 34.7 Å². The lowest BCUT2D eigenvalue weighted by molar-refractivity contribution is 0.276. The monoisotopic (exact) mass is 423 g/mol. The van der Waals surface area contributed by atoms with Gasteiger partial charge in [0.2, 0.25) is 0 Å². The maximum absolute atomic E-state index is 9.65. The molecule has 0 aliphatic rings. The van der Waals surface area contributed by atoms with Crippen LogP contribution in [0, 0.1) is 0 Å². The van der Waals surface area contributed by atoms with Crippen LogP contribution in [-0.2, 0) is 13.7 Å². The lowest BCUT2D eigenvalue weighted by atomic mass is 10.1. The standard InChI is InChI=1S/C22H17N9O/c1-31-10-13(17(11-32)30-31)15-5-6-16-19(25-15)20(29-28-16)22-26-18-12(7-9-24-21(18)27-22)14-4-2-3-8-23-14/h2-10,32H,11H2,1H3,(H,28,29)(H,24,26,27). The van der Waals surface area contributed by atoms with E-state index in [1.165, 1.54) is 0 Å². The van der Waals surface area contributed by atoms with Gasteiger partial charge in [-0.05, 0) is 30.3 Å². The summed E-state index contributed by atoms with van der Waals surface area (Å²) >= 11 is 0. The van der Waals surface area contributed by atoms with Crippen molar-refractivity contribution >= 4 is 22.2 Å².